The van der Waals surface area contributed by atoms with E-state index < -0.39 is 58.1 Å². The molecule has 0 aliphatic carbocycles. The number of likely N-dealkylation sites (tertiary alicyclic amines) is 1. The van der Waals surface area contributed by atoms with Crippen LogP contribution in [-0.2, 0) is 25.3 Å². The number of aliphatic carboxylic acids is 1. The fourth-order valence-electron chi connectivity index (χ4n) is 5.97. The highest BCUT2D eigenvalue weighted by atomic mass is 19.4. The molecule has 35 heavy (non-hydrogen) atoms. The number of ether oxygens (including phenoxy) is 1. The molecule has 188 valence electrons. The van der Waals surface area contributed by atoms with Crippen molar-refractivity contribution in [3.05, 3.63) is 29.3 Å². The molecule has 4 rings (SSSR count). The average Bonchev–Trinajstić information content (AvgIpc) is 3.12. The molecule has 2 amide bonds. The first-order valence-corrected chi connectivity index (χ1v) is 11.4. The van der Waals surface area contributed by atoms with Crippen LogP contribution in [0.15, 0.2) is 18.2 Å². The fourth-order valence-corrected chi connectivity index (χ4v) is 5.97. The Morgan fingerprint density at radius 2 is 1.74 bits per heavy atom. The number of fused-ring (bicyclic) bond motifs is 5. The summed E-state index contributed by atoms with van der Waals surface area (Å²) in [6, 6.07) is 4.34. The first-order valence-electron chi connectivity index (χ1n) is 11.4. The van der Waals surface area contributed by atoms with Crippen molar-refractivity contribution >= 4 is 23.5 Å². The van der Waals surface area contributed by atoms with Gasteiger partial charge in [0.2, 0.25) is 11.8 Å². The third kappa shape index (κ3) is 4.29. The Kier molecular flexibility index (Phi) is 6.18. The number of halogens is 3. The van der Waals surface area contributed by atoms with Gasteiger partial charge in [0.15, 0.2) is 0 Å². The Morgan fingerprint density at radius 3 is 2.26 bits per heavy atom. The molecule has 0 radical (unpaired) electrons. The van der Waals surface area contributed by atoms with Crippen molar-refractivity contribution in [2.45, 2.75) is 56.9 Å². The molecule has 0 unspecified atom stereocenters. The molecule has 11 heteroatoms. The Hall–Kier alpha value is -2.97. The summed E-state index contributed by atoms with van der Waals surface area (Å²) in [5.74, 6) is -3.74. The number of anilines is 1. The third-order valence-corrected chi connectivity index (χ3v) is 7.22. The summed E-state index contributed by atoms with van der Waals surface area (Å²) in [4.78, 5) is 40.6. The molecule has 3 aliphatic rings. The minimum absolute atomic E-state index is 0.104. The van der Waals surface area contributed by atoms with Gasteiger partial charge in [0.25, 0.3) is 0 Å². The normalized spacial score (nSPS) is 30.5. The molecule has 4 atom stereocenters. The number of hydrogen-bond donors (Lipinski definition) is 1. The maximum Gasteiger partial charge on any atom is 0.417 e. The van der Waals surface area contributed by atoms with Crippen molar-refractivity contribution in [3.63, 3.8) is 0 Å². The summed E-state index contributed by atoms with van der Waals surface area (Å²) in [7, 11) is 0. The Labute approximate surface area is 200 Å². The fraction of sp³-hybridized carbons (Fsp3) is 0.583. The van der Waals surface area contributed by atoms with Crippen molar-refractivity contribution in [1.29, 1.82) is 5.26 Å². The van der Waals surface area contributed by atoms with Crippen LogP contribution in [0, 0.1) is 23.2 Å². The van der Waals surface area contributed by atoms with Gasteiger partial charge in [-0.05, 0) is 51.4 Å². The summed E-state index contributed by atoms with van der Waals surface area (Å²) >= 11 is 0. The zero-order valence-corrected chi connectivity index (χ0v) is 19.4. The van der Waals surface area contributed by atoms with Gasteiger partial charge in [-0.3, -0.25) is 19.3 Å². The van der Waals surface area contributed by atoms with E-state index >= 15 is 0 Å². The minimum Gasteiger partial charge on any atom is -0.481 e. The van der Waals surface area contributed by atoms with Gasteiger partial charge in [0.1, 0.15) is 0 Å². The Balaban J connectivity index is 1.57. The van der Waals surface area contributed by atoms with E-state index in [1.54, 1.807) is 13.8 Å². The number of alkyl halides is 3. The van der Waals surface area contributed by atoms with E-state index in [4.69, 9.17) is 15.1 Å². The van der Waals surface area contributed by atoms with Crippen LogP contribution in [0.25, 0.3) is 0 Å². The molecule has 3 saturated heterocycles. The van der Waals surface area contributed by atoms with Gasteiger partial charge in [0.05, 0.1) is 45.9 Å². The van der Waals surface area contributed by atoms with Crippen LogP contribution in [0.5, 0.6) is 0 Å². The summed E-state index contributed by atoms with van der Waals surface area (Å²) < 4.78 is 46.7. The average molecular weight is 493 g/mol. The second-order valence-electron chi connectivity index (χ2n) is 9.95. The van der Waals surface area contributed by atoms with Gasteiger partial charge >= 0.3 is 12.1 Å². The molecule has 2 bridgehead atoms. The molecule has 3 heterocycles. The quantitative estimate of drug-likeness (QED) is 0.459. The number of benzene rings is 1. The molecule has 0 aromatic heterocycles. The van der Waals surface area contributed by atoms with Gasteiger partial charge in [-0.25, -0.2) is 4.90 Å². The number of carboxylic acid groups (broad SMARTS) is 1. The number of carboxylic acids is 1. The third-order valence-electron chi connectivity index (χ3n) is 7.22. The predicted molar refractivity (Wildman–Crippen MR) is 116 cm³/mol. The smallest absolute Gasteiger partial charge is 0.417 e. The Bertz CT molecular complexity index is 1080. The molecule has 1 aromatic rings. The second-order valence-corrected chi connectivity index (χ2v) is 9.95. The van der Waals surface area contributed by atoms with Gasteiger partial charge < -0.3 is 9.84 Å². The zero-order chi connectivity index (χ0) is 25.8. The summed E-state index contributed by atoms with van der Waals surface area (Å²) in [6.07, 6.45) is -2.65. The predicted octanol–water partition coefficient (Wildman–Crippen LogP) is 3.19. The number of amides is 2. The maximum absolute atomic E-state index is 13.5. The molecule has 8 nitrogen and oxygen atoms in total. The number of hydrogen-bond acceptors (Lipinski definition) is 6. The second kappa shape index (κ2) is 8.60. The number of morpholine rings is 1. The molecule has 3 aliphatic heterocycles. The number of carbonyl (C=O) groups excluding carboxylic acids is 2. The highest BCUT2D eigenvalue weighted by Gasteiger charge is 2.71. The summed E-state index contributed by atoms with van der Waals surface area (Å²) in [6.45, 7) is 4.90. The standard InChI is InChI=1S/C24H26F3N3O5/c1-22-12-29(9-5-3-4-6-17(31)32)13-23(2,35-22)19-18(22)20(33)30(21(19)34)15-8-7-14(11-28)16(10-15)24(25,26)27/h7-8,10,18-19H,3-6,9,12-13H2,1-2H3,(H,31,32)/t18-,19+,22-,23+. The highest BCUT2D eigenvalue weighted by Crippen LogP contribution is 2.55. The maximum atomic E-state index is 13.5. The lowest BCUT2D eigenvalue weighted by atomic mass is 9.79. The van der Waals surface area contributed by atoms with Gasteiger partial charge in [0, 0.05) is 19.5 Å². The van der Waals surface area contributed by atoms with Crippen LogP contribution < -0.4 is 4.90 Å². The molecule has 3 fully saturated rings. The van der Waals surface area contributed by atoms with Crippen molar-refractivity contribution in [2.24, 2.45) is 11.8 Å². The summed E-state index contributed by atoms with van der Waals surface area (Å²) in [5, 5.41) is 17.8. The van der Waals surface area contributed by atoms with Gasteiger partial charge in [-0.2, -0.15) is 18.4 Å². The van der Waals surface area contributed by atoms with Crippen LogP contribution >= 0.6 is 0 Å². The first kappa shape index (κ1) is 25.1. The molecule has 1 N–H and O–H groups in total. The van der Waals surface area contributed by atoms with Crippen LogP contribution in [-0.4, -0.2) is 58.6 Å². The van der Waals surface area contributed by atoms with E-state index in [2.05, 4.69) is 4.90 Å². The molecule has 0 saturated carbocycles. The van der Waals surface area contributed by atoms with E-state index in [-0.39, 0.29) is 12.1 Å². The largest absolute Gasteiger partial charge is 0.481 e. The zero-order valence-electron chi connectivity index (χ0n) is 19.4. The minimum atomic E-state index is -4.81. The molecule has 0 spiro atoms. The van der Waals surface area contributed by atoms with Crippen LogP contribution in [0.2, 0.25) is 0 Å². The number of unbranched alkanes of at least 4 members (excludes halogenated alkanes) is 2. The van der Waals surface area contributed by atoms with Gasteiger partial charge in [-0.1, -0.05) is 6.42 Å². The lowest BCUT2D eigenvalue weighted by Crippen LogP contribution is -2.58. The van der Waals surface area contributed by atoms with Crippen LogP contribution in [0.1, 0.15) is 50.7 Å². The van der Waals surface area contributed by atoms with Crippen LogP contribution in [0.3, 0.4) is 0 Å². The topological polar surface area (TPSA) is 111 Å². The SMILES string of the molecule is C[C@]12CN(CCCCCC(=O)O)C[C@](C)(O1)[C@@H]1C(=O)N(c3ccc(C#N)c(C(F)(F)F)c3)C(=O)[C@@H]12. The number of nitriles is 1. The van der Waals surface area contributed by atoms with Crippen molar-refractivity contribution in [2.75, 3.05) is 24.5 Å². The summed E-state index contributed by atoms with van der Waals surface area (Å²) in [5.41, 5.74) is -3.99. The van der Waals surface area contributed by atoms with E-state index in [1.165, 1.54) is 12.1 Å². The van der Waals surface area contributed by atoms with Crippen LogP contribution in [0.4, 0.5) is 18.9 Å². The van der Waals surface area contributed by atoms with Gasteiger partial charge in [-0.15, -0.1) is 0 Å². The Morgan fingerprint density at radius 1 is 1.14 bits per heavy atom. The van der Waals surface area contributed by atoms with Crippen molar-refractivity contribution < 1.29 is 37.4 Å². The van der Waals surface area contributed by atoms with Crippen molar-refractivity contribution in [1.82, 2.24) is 4.90 Å². The molecular formula is C24H26F3N3O5. The number of nitrogens with zero attached hydrogens (tertiary/aromatic N) is 3. The van der Waals surface area contributed by atoms with Crippen molar-refractivity contribution in [3.8, 4) is 6.07 Å². The number of rotatable bonds is 7. The number of carbonyl (C=O) groups is 3. The van der Waals surface area contributed by atoms with E-state index in [1.807, 2.05) is 0 Å². The lowest BCUT2D eigenvalue weighted by Gasteiger charge is -2.45. The van der Waals surface area contributed by atoms with E-state index in [0.29, 0.717) is 32.1 Å². The molecule has 1 aromatic carbocycles. The highest BCUT2D eigenvalue weighted by molar-refractivity contribution is 6.23. The lowest BCUT2D eigenvalue weighted by molar-refractivity contribution is -0.169. The first-order chi connectivity index (χ1) is 16.3. The van der Waals surface area contributed by atoms with E-state index in [9.17, 15) is 27.6 Å². The number of imide groups is 1. The molecular weight excluding hydrogens is 467 g/mol. The van der Waals surface area contributed by atoms with E-state index in [0.717, 1.165) is 23.8 Å². The monoisotopic (exact) mass is 493 g/mol.